The highest BCUT2D eigenvalue weighted by Crippen LogP contribution is 2.19. The van der Waals surface area contributed by atoms with Crippen LogP contribution in [0.15, 0.2) is 66.7 Å². The number of hydrogen-bond donors (Lipinski definition) is 3. The van der Waals surface area contributed by atoms with Gasteiger partial charge in [-0.25, -0.2) is 4.79 Å². The molecule has 0 bridgehead atoms. The number of rotatable bonds is 15. The van der Waals surface area contributed by atoms with Gasteiger partial charge in [0.25, 0.3) is 0 Å². The molecule has 0 fully saturated rings. The predicted molar refractivity (Wildman–Crippen MR) is 133 cm³/mol. The highest BCUT2D eigenvalue weighted by molar-refractivity contribution is 5.76. The molecule has 0 aromatic heterocycles. The Balaban J connectivity index is 1.54. The van der Waals surface area contributed by atoms with Crippen LogP contribution in [0.5, 0.6) is 0 Å². The number of carbonyl (C=O) groups excluding carboxylic acids is 2. The Kier molecular flexibility index (Phi) is 12.6. The quantitative estimate of drug-likeness (QED) is 0.211. The van der Waals surface area contributed by atoms with Crippen molar-refractivity contribution in [1.82, 2.24) is 5.32 Å². The van der Waals surface area contributed by atoms with E-state index in [0.717, 1.165) is 16.7 Å². The van der Waals surface area contributed by atoms with Crippen LogP contribution < -0.4 is 11.1 Å². The maximum absolute atomic E-state index is 12.0. The van der Waals surface area contributed by atoms with Gasteiger partial charge >= 0.3 is 5.97 Å². The van der Waals surface area contributed by atoms with Gasteiger partial charge in [-0.15, -0.1) is 0 Å². The van der Waals surface area contributed by atoms with E-state index in [1.165, 1.54) is 0 Å². The molecule has 2 atom stereocenters. The zero-order valence-electron chi connectivity index (χ0n) is 19.8. The second-order valence-electron chi connectivity index (χ2n) is 8.09. The summed E-state index contributed by atoms with van der Waals surface area (Å²) < 4.78 is 10.6. The zero-order valence-corrected chi connectivity index (χ0v) is 19.8. The fourth-order valence-corrected chi connectivity index (χ4v) is 3.17. The monoisotopic (exact) mass is 468 g/mol. The van der Waals surface area contributed by atoms with Crippen molar-refractivity contribution < 1.29 is 24.2 Å². The lowest BCUT2D eigenvalue weighted by Crippen LogP contribution is -2.37. The summed E-state index contributed by atoms with van der Waals surface area (Å²) in [5, 5.41) is 12.9. The van der Waals surface area contributed by atoms with Crippen LogP contribution in [0.4, 0.5) is 0 Å². The molecular formula is C27H36N2O5. The average molecular weight is 469 g/mol. The van der Waals surface area contributed by atoms with Gasteiger partial charge < -0.3 is 25.6 Å². The fourth-order valence-electron chi connectivity index (χ4n) is 3.17. The largest absolute Gasteiger partial charge is 0.463 e. The number of benzene rings is 2. The first-order chi connectivity index (χ1) is 16.5. The number of ether oxygens (including phenoxy) is 2. The van der Waals surface area contributed by atoms with Crippen molar-refractivity contribution in [3.63, 3.8) is 0 Å². The van der Waals surface area contributed by atoms with E-state index in [1.807, 2.05) is 73.7 Å². The van der Waals surface area contributed by atoms with Gasteiger partial charge in [0, 0.05) is 32.0 Å². The van der Waals surface area contributed by atoms with E-state index in [-0.39, 0.29) is 25.0 Å². The van der Waals surface area contributed by atoms with Gasteiger partial charge in [0.1, 0.15) is 0 Å². The molecule has 1 amide bonds. The maximum atomic E-state index is 12.0. The molecule has 0 saturated carbocycles. The van der Waals surface area contributed by atoms with Gasteiger partial charge in [-0.3, -0.25) is 4.79 Å². The van der Waals surface area contributed by atoms with Crippen LogP contribution in [-0.4, -0.2) is 55.5 Å². The highest BCUT2D eigenvalue weighted by atomic mass is 16.5. The third-order valence-electron chi connectivity index (χ3n) is 5.13. The van der Waals surface area contributed by atoms with Crippen molar-refractivity contribution >= 4 is 11.9 Å². The van der Waals surface area contributed by atoms with E-state index in [9.17, 15) is 14.7 Å². The van der Waals surface area contributed by atoms with Crippen molar-refractivity contribution in [1.29, 1.82) is 0 Å². The molecule has 0 spiro atoms. The van der Waals surface area contributed by atoms with Gasteiger partial charge in [-0.2, -0.15) is 0 Å². The number of carbonyl (C=O) groups is 2. The molecule has 0 aliphatic heterocycles. The fraction of sp³-hybridized carbons (Fsp3) is 0.407. The van der Waals surface area contributed by atoms with Gasteiger partial charge in [0.05, 0.1) is 13.2 Å². The number of amides is 1. The van der Waals surface area contributed by atoms with E-state index in [1.54, 1.807) is 0 Å². The highest BCUT2D eigenvalue weighted by Gasteiger charge is 2.17. The Bertz CT molecular complexity index is 884. The number of aliphatic hydroxyl groups is 1. The van der Waals surface area contributed by atoms with Crippen LogP contribution in [0, 0.1) is 0 Å². The summed E-state index contributed by atoms with van der Waals surface area (Å²) in [5.41, 5.74) is 8.53. The minimum atomic E-state index is -1.19. The molecule has 2 aromatic carbocycles. The second kappa shape index (κ2) is 15.8. The third-order valence-corrected chi connectivity index (χ3v) is 5.13. The Morgan fingerprint density at radius 3 is 2.44 bits per heavy atom. The van der Waals surface area contributed by atoms with E-state index < -0.39 is 12.1 Å². The summed E-state index contributed by atoms with van der Waals surface area (Å²) in [6, 6.07) is 17.8. The van der Waals surface area contributed by atoms with E-state index >= 15 is 0 Å². The van der Waals surface area contributed by atoms with Crippen LogP contribution in [0.1, 0.15) is 31.7 Å². The first-order valence-corrected chi connectivity index (χ1v) is 11.7. The molecule has 0 aliphatic carbocycles. The Labute approximate surface area is 202 Å². The Morgan fingerprint density at radius 2 is 1.74 bits per heavy atom. The van der Waals surface area contributed by atoms with Crippen LogP contribution in [0.25, 0.3) is 11.1 Å². The lowest BCUT2D eigenvalue weighted by molar-refractivity contribution is -0.153. The summed E-state index contributed by atoms with van der Waals surface area (Å²) >= 11 is 0. The lowest BCUT2D eigenvalue weighted by atomic mass is 10.0. The van der Waals surface area contributed by atoms with Gasteiger partial charge in [0.2, 0.25) is 5.91 Å². The first-order valence-electron chi connectivity index (χ1n) is 11.7. The summed E-state index contributed by atoms with van der Waals surface area (Å²) in [4.78, 5) is 23.6. The predicted octanol–water partition coefficient (Wildman–Crippen LogP) is 3.01. The number of hydrogen-bond acceptors (Lipinski definition) is 6. The Morgan fingerprint density at radius 1 is 1.03 bits per heavy atom. The molecule has 7 nitrogen and oxygen atoms in total. The van der Waals surface area contributed by atoms with Crippen LogP contribution >= 0.6 is 0 Å². The average Bonchev–Trinajstić information content (AvgIpc) is 2.85. The molecule has 0 saturated heterocycles. The summed E-state index contributed by atoms with van der Waals surface area (Å²) in [6.07, 6.45) is 4.30. The molecule has 0 heterocycles. The summed E-state index contributed by atoms with van der Waals surface area (Å²) in [6.45, 7) is 3.39. The number of aliphatic hydroxyl groups excluding tert-OH is 1. The maximum Gasteiger partial charge on any atom is 0.335 e. The topological polar surface area (TPSA) is 111 Å². The molecule has 7 heteroatoms. The molecule has 34 heavy (non-hydrogen) atoms. The minimum Gasteiger partial charge on any atom is -0.463 e. The number of nitrogens with two attached hydrogens (primary N) is 1. The molecule has 184 valence electrons. The van der Waals surface area contributed by atoms with Crippen molar-refractivity contribution in [3.8, 4) is 11.1 Å². The zero-order chi connectivity index (χ0) is 24.6. The molecule has 2 unspecified atom stereocenters. The minimum absolute atomic E-state index is 0.0157. The molecule has 0 aliphatic rings. The van der Waals surface area contributed by atoms with Crippen LogP contribution in [-0.2, 0) is 25.5 Å². The third kappa shape index (κ3) is 10.7. The van der Waals surface area contributed by atoms with E-state index in [4.69, 9.17) is 15.2 Å². The van der Waals surface area contributed by atoms with Crippen molar-refractivity contribution in [3.05, 3.63) is 72.3 Å². The summed E-state index contributed by atoms with van der Waals surface area (Å²) in [5.74, 6) is -0.649. The lowest BCUT2D eigenvalue weighted by Gasteiger charge is -2.11. The number of esters is 1. The van der Waals surface area contributed by atoms with Crippen LogP contribution in [0.3, 0.4) is 0 Å². The second-order valence-corrected chi connectivity index (χ2v) is 8.09. The van der Waals surface area contributed by atoms with Crippen molar-refractivity contribution in [2.45, 2.75) is 44.8 Å². The SMILES string of the molecule is CC(CN)NC(=O)CCCOC/C=C\CCOC(=O)C(O)Cc1ccc(-c2ccccc2)cc1. The van der Waals surface area contributed by atoms with Crippen LogP contribution in [0.2, 0.25) is 0 Å². The number of nitrogens with one attached hydrogen (secondary N) is 1. The molecule has 2 aromatic rings. The summed E-state index contributed by atoms with van der Waals surface area (Å²) in [7, 11) is 0. The van der Waals surface area contributed by atoms with Crippen molar-refractivity contribution in [2.24, 2.45) is 5.73 Å². The molecule has 2 rings (SSSR count). The normalized spacial score (nSPS) is 12.9. The van der Waals surface area contributed by atoms with Gasteiger partial charge in [-0.05, 0) is 36.5 Å². The smallest absolute Gasteiger partial charge is 0.335 e. The molecular weight excluding hydrogens is 432 g/mol. The standard InChI is InChI=1S/C27H36N2O5/c1-21(20-28)29-26(31)11-8-17-33-16-6-3-7-18-34-27(32)25(30)19-22-12-14-24(15-13-22)23-9-4-2-5-10-23/h2-6,9-10,12-15,21,25,30H,7-8,11,16-20,28H2,1H3,(H,29,31)/b6-3-. The van der Waals surface area contributed by atoms with E-state index in [2.05, 4.69) is 5.32 Å². The van der Waals surface area contributed by atoms with Gasteiger partial charge in [-0.1, -0.05) is 66.7 Å². The Hall–Kier alpha value is -3.00. The molecule has 4 N–H and O–H groups in total. The van der Waals surface area contributed by atoms with Gasteiger partial charge in [0.15, 0.2) is 6.10 Å². The van der Waals surface area contributed by atoms with Crippen molar-refractivity contribution in [2.75, 3.05) is 26.4 Å². The first kappa shape index (κ1) is 27.2. The van der Waals surface area contributed by atoms with E-state index in [0.29, 0.717) is 39.0 Å². The molecule has 0 radical (unpaired) electrons.